The van der Waals surface area contributed by atoms with Gasteiger partial charge in [0.25, 0.3) is 0 Å². The Balaban J connectivity index is 2.33. The monoisotopic (exact) mass is 313 g/mol. The van der Waals surface area contributed by atoms with E-state index in [9.17, 15) is 9.59 Å². The molecule has 0 N–H and O–H groups in total. The molecule has 1 saturated heterocycles. The van der Waals surface area contributed by atoms with Crippen LogP contribution in [0.15, 0.2) is 24.3 Å². The molecule has 1 aliphatic rings. The Labute approximate surface area is 127 Å². The lowest BCUT2D eigenvalue weighted by molar-refractivity contribution is -0.151. The molecule has 1 aliphatic heterocycles. The van der Waals surface area contributed by atoms with Gasteiger partial charge in [-0.25, -0.2) is 4.79 Å². The smallest absolute Gasteiger partial charge is 0.329 e. The number of esters is 1. The zero-order chi connectivity index (χ0) is 14.7. The Hall–Kier alpha value is -1.20. The molecule has 6 heteroatoms. The number of halogens is 1. The second kappa shape index (κ2) is 6.50. The molecule has 1 aromatic carbocycles. The van der Waals surface area contributed by atoms with Gasteiger partial charge in [-0.1, -0.05) is 30.7 Å². The predicted octanol–water partition coefficient (Wildman–Crippen LogP) is 2.87. The van der Waals surface area contributed by atoms with Gasteiger partial charge in [-0.3, -0.25) is 4.79 Å². The van der Waals surface area contributed by atoms with E-state index in [0.29, 0.717) is 17.2 Å². The Bertz CT molecular complexity index is 523. The number of methoxy groups -OCH3 is 1. The minimum Gasteiger partial charge on any atom is -0.467 e. The molecule has 108 valence electrons. The summed E-state index contributed by atoms with van der Waals surface area (Å²) in [6, 6.07) is 6.85. The second-order valence-corrected chi connectivity index (χ2v) is 5.98. The summed E-state index contributed by atoms with van der Waals surface area (Å²) in [6.07, 6.45) is 0.352. The van der Waals surface area contributed by atoms with Crippen molar-refractivity contribution >= 4 is 35.2 Å². The number of ether oxygens (including phenoxy) is 1. The highest BCUT2D eigenvalue weighted by Gasteiger charge is 2.42. The van der Waals surface area contributed by atoms with Crippen LogP contribution in [0.3, 0.4) is 0 Å². The third-order valence-electron chi connectivity index (χ3n) is 3.20. The Morgan fingerprint density at radius 2 is 2.25 bits per heavy atom. The van der Waals surface area contributed by atoms with Gasteiger partial charge in [0.2, 0.25) is 5.91 Å². The van der Waals surface area contributed by atoms with Crippen LogP contribution < -0.4 is 0 Å². The molecule has 2 rings (SSSR count). The molecule has 0 spiro atoms. The fourth-order valence-corrected chi connectivity index (χ4v) is 3.85. The van der Waals surface area contributed by atoms with Crippen molar-refractivity contribution in [3.05, 3.63) is 34.9 Å². The molecule has 2 atom stereocenters. The molecule has 0 aromatic heterocycles. The van der Waals surface area contributed by atoms with Crippen molar-refractivity contribution in [1.29, 1.82) is 0 Å². The largest absolute Gasteiger partial charge is 0.467 e. The maximum atomic E-state index is 12.2. The predicted molar refractivity (Wildman–Crippen MR) is 79.6 cm³/mol. The molecule has 1 heterocycles. The van der Waals surface area contributed by atoms with E-state index in [0.717, 1.165) is 5.56 Å². The summed E-state index contributed by atoms with van der Waals surface area (Å²) < 4.78 is 4.79. The molecule has 4 nitrogen and oxygen atoms in total. The van der Waals surface area contributed by atoms with Gasteiger partial charge in [0.05, 0.1) is 7.11 Å². The molecular formula is C14H16ClNO3S. The van der Waals surface area contributed by atoms with E-state index in [4.69, 9.17) is 16.3 Å². The number of carbonyl (C=O) groups is 2. The van der Waals surface area contributed by atoms with Crippen LogP contribution in [-0.2, 0) is 14.3 Å². The highest BCUT2D eigenvalue weighted by Crippen LogP contribution is 2.42. The summed E-state index contributed by atoms with van der Waals surface area (Å²) in [6.45, 7) is 1.79. The van der Waals surface area contributed by atoms with Crippen molar-refractivity contribution in [3.63, 3.8) is 0 Å². The van der Waals surface area contributed by atoms with Crippen molar-refractivity contribution in [3.8, 4) is 0 Å². The van der Waals surface area contributed by atoms with E-state index in [1.807, 2.05) is 18.2 Å². The van der Waals surface area contributed by atoms with Crippen LogP contribution in [0.25, 0.3) is 0 Å². The van der Waals surface area contributed by atoms with E-state index in [1.54, 1.807) is 29.7 Å². The van der Waals surface area contributed by atoms with Gasteiger partial charge in [0.15, 0.2) is 0 Å². The zero-order valence-electron chi connectivity index (χ0n) is 11.3. The van der Waals surface area contributed by atoms with Crippen LogP contribution in [0, 0.1) is 0 Å². The van der Waals surface area contributed by atoms with E-state index >= 15 is 0 Å². The first-order valence-corrected chi connectivity index (χ1v) is 7.77. The van der Waals surface area contributed by atoms with E-state index in [1.165, 1.54) is 7.11 Å². The quantitative estimate of drug-likeness (QED) is 0.805. The van der Waals surface area contributed by atoms with Gasteiger partial charge >= 0.3 is 5.97 Å². The number of nitrogens with zero attached hydrogens (tertiary/aromatic N) is 1. The number of hydrogen-bond acceptors (Lipinski definition) is 4. The highest BCUT2D eigenvalue weighted by molar-refractivity contribution is 7.99. The van der Waals surface area contributed by atoms with Crippen LogP contribution in [0.2, 0.25) is 5.02 Å². The summed E-state index contributed by atoms with van der Waals surface area (Å²) in [5.41, 5.74) is 0.927. The van der Waals surface area contributed by atoms with Crippen LogP contribution >= 0.6 is 23.4 Å². The summed E-state index contributed by atoms with van der Waals surface area (Å²) >= 11 is 7.56. The zero-order valence-corrected chi connectivity index (χ0v) is 12.9. The van der Waals surface area contributed by atoms with Crippen molar-refractivity contribution in [2.24, 2.45) is 0 Å². The van der Waals surface area contributed by atoms with E-state index in [2.05, 4.69) is 0 Å². The number of rotatable bonds is 3. The summed E-state index contributed by atoms with van der Waals surface area (Å²) in [4.78, 5) is 25.6. The van der Waals surface area contributed by atoms with E-state index < -0.39 is 6.04 Å². The third-order valence-corrected chi connectivity index (χ3v) is 4.76. The van der Waals surface area contributed by atoms with Gasteiger partial charge in [-0.05, 0) is 17.7 Å². The fourth-order valence-electron chi connectivity index (χ4n) is 2.23. The number of amides is 1. The molecule has 2 unspecified atom stereocenters. The molecule has 0 saturated carbocycles. The first-order valence-electron chi connectivity index (χ1n) is 6.34. The third kappa shape index (κ3) is 2.94. The van der Waals surface area contributed by atoms with Gasteiger partial charge in [0, 0.05) is 17.2 Å². The molecule has 0 radical (unpaired) electrons. The van der Waals surface area contributed by atoms with Gasteiger partial charge in [0.1, 0.15) is 11.4 Å². The number of hydrogen-bond donors (Lipinski definition) is 0. The normalized spacial score (nSPS) is 21.9. The van der Waals surface area contributed by atoms with Crippen LogP contribution in [0.4, 0.5) is 0 Å². The van der Waals surface area contributed by atoms with Gasteiger partial charge < -0.3 is 9.64 Å². The number of benzene rings is 1. The van der Waals surface area contributed by atoms with Gasteiger partial charge in [-0.2, -0.15) is 0 Å². The highest BCUT2D eigenvalue weighted by atomic mass is 35.5. The maximum Gasteiger partial charge on any atom is 0.329 e. The second-order valence-electron chi connectivity index (χ2n) is 4.43. The Morgan fingerprint density at radius 3 is 2.85 bits per heavy atom. The summed E-state index contributed by atoms with van der Waals surface area (Å²) in [5, 5.41) is 0.429. The molecule has 0 aliphatic carbocycles. The molecular weight excluding hydrogens is 298 g/mol. The fraction of sp³-hybridized carbons (Fsp3) is 0.429. The average molecular weight is 314 g/mol. The Morgan fingerprint density at radius 1 is 1.50 bits per heavy atom. The van der Waals surface area contributed by atoms with Crippen molar-refractivity contribution < 1.29 is 14.3 Å². The van der Waals surface area contributed by atoms with Crippen molar-refractivity contribution in [2.75, 3.05) is 12.9 Å². The van der Waals surface area contributed by atoms with Gasteiger partial charge in [-0.15, -0.1) is 11.8 Å². The van der Waals surface area contributed by atoms with Crippen LogP contribution in [0.5, 0.6) is 0 Å². The minimum atomic E-state index is -0.526. The van der Waals surface area contributed by atoms with Crippen molar-refractivity contribution in [2.45, 2.75) is 24.8 Å². The van der Waals surface area contributed by atoms with Crippen LogP contribution in [-0.4, -0.2) is 35.7 Å². The lowest BCUT2D eigenvalue weighted by Crippen LogP contribution is -2.43. The number of carbonyl (C=O) groups excluding carboxylic acids is 2. The first-order chi connectivity index (χ1) is 9.58. The lowest BCUT2D eigenvalue weighted by atomic mass is 10.1. The van der Waals surface area contributed by atoms with Crippen LogP contribution in [0.1, 0.15) is 24.3 Å². The molecule has 1 fully saturated rings. The molecule has 0 bridgehead atoms. The summed E-state index contributed by atoms with van der Waals surface area (Å²) in [7, 11) is 1.34. The first kappa shape index (κ1) is 15.2. The maximum absolute atomic E-state index is 12.2. The SMILES string of the molecule is CCC(=O)N1C(C(=O)OC)CSC1c1cccc(Cl)c1. The molecule has 1 amide bonds. The topological polar surface area (TPSA) is 46.6 Å². The minimum absolute atomic E-state index is 0.0598. The number of thioether (sulfide) groups is 1. The standard InChI is InChI=1S/C14H16ClNO3S/c1-3-12(17)16-11(14(18)19-2)8-20-13(16)9-5-4-6-10(15)7-9/h4-7,11,13H,3,8H2,1-2H3. The summed E-state index contributed by atoms with van der Waals surface area (Å²) in [5.74, 6) is 0.106. The lowest BCUT2D eigenvalue weighted by Gasteiger charge is -2.28. The molecule has 1 aromatic rings. The van der Waals surface area contributed by atoms with Crippen molar-refractivity contribution in [1.82, 2.24) is 4.90 Å². The average Bonchev–Trinajstić information content (AvgIpc) is 2.90. The van der Waals surface area contributed by atoms with E-state index in [-0.39, 0.29) is 17.3 Å². The Kier molecular flexibility index (Phi) is 4.94. The molecule has 20 heavy (non-hydrogen) atoms.